The van der Waals surface area contributed by atoms with E-state index in [9.17, 15) is 9.18 Å². The van der Waals surface area contributed by atoms with E-state index in [4.69, 9.17) is 9.15 Å². The number of aryl methyl sites for hydroxylation is 1. The van der Waals surface area contributed by atoms with Crippen LogP contribution in [-0.2, 0) is 13.2 Å². The number of nitrogens with zero attached hydrogens (tertiary/aromatic N) is 4. The Morgan fingerprint density at radius 2 is 2.15 bits per heavy atom. The Hall–Kier alpha value is -3.23. The molecule has 0 spiro atoms. The summed E-state index contributed by atoms with van der Waals surface area (Å²) in [6.07, 6.45) is 2.87. The molecular formula is C17H18FN5O3. The molecule has 0 aliphatic heterocycles. The van der Waals surface area contributed by atoms with Crippen molar-refractivity contribution in [3.05, 3.63) is 60.1 Å². The number of nitrogens with one attached hydrogen (secondary N) is 1. The van der Waals surface area contributed by atoms with Crippen molar-refractivity contribution in [1.82, 2.24) is 25.1 Å². The molecule has 2 aromatic heterocycles. The fourth-order valence-electron chi connectivity index (χ4n) is 2.34. The van der Waals surface area contributed by atoms with E-state index in [0.717, 1.165) is 0 Å². The Morgan fingerprint density at radius 1 is 1.38 bits per heavy atom. The predicted octanol–water partition coefficient (Wildman–Crippen LogP) is 2.50. The summed E-state index contributed by atoms with van der Waals surface area (Å²) >= 11 is 0. The van der Waals surface area contributed by atoms with Crippen LogP contribution in [0.5, 0.6) is 5.75 Å². The molecule has 8 nitrogen and oxygen atoms in total. The summed E-state index contributed by atoms with van der Waals surface area (Å²) in [5, 5.41) is 10.7. The van der Waals surface area contributed by atoms with E-state index >= 15 is 0 Å². The number of hydrogen-bond acceptors (Lipinski definition) is 6. The Balaban J connectivity index is 1.58. The average molecular weight is 359 g/mol. The van der Waals surface area contributed by atoms with E-state index in [-0.39, 0.29) is 36.0 Å². The fraction of sp³-hybridized carbons (Fsp3) is 0.294. The lowest BCUT2D eigenvalue weighted by Crippen LogP contribution is -2.29. The summed E-state index contributed by atoms with van der Waals surface area (Å²) in [7, 11) is 0. The topological polar surface area (TPSA) is 95.1 Å². The van der Waals surface area contributed by atoms with E-state index in [1.54, 1.807) is 6.33 Å². The number of hydrogen-bond donors (Lipinski definition) is 1. The SMILES string of the molecule is CCn1cnnc1[C@@H](C)NC(=O)c1coc(COc2ccc(F)cc2)n1. The summed E-state index contributed by atoms with van der Waals surface area (Å²) in [6, 6.07) is 5.25. The van der Waals surface area contributed by atoms with E-state index in [2.05, 4.69) is 20.5 Å². The van der Waals surface area contributed by atoms with Crippen LogP contribution < -0.4 is 10.1 Å². The highest BCUT2D eigenvalue weighted by atomic mass is 19.1. The molecule has 0 fully saturated rings. The largest absolute Gasteiger partial charge is 0.484 e. The number of ether oxygens (including phenoxy) is 1. The highest BCUT2D eigenvalue weighted by molar-refractivity contribution is 5.92. The lowest BCUT2D eigenvalue weighted by molar-refractivity contribution is 0.0932. The van der Waals surface area contributed by atoms with Crippen LogP contribution in [0.25, 0.3) is 0 Å². The summed E-state index contributed by atoms with van der Waals surface area (Å²) in [6.45, 7) is 4.51. The fourth-order valence-corrected chi connectivity index (χ4v) is 2.34. The monoisotopic (exact) mass is 359 g/mol. The molecule has 0 saturated heterocycles. The second kappa shape index (κ2) is 7.77. The molecule has 0 radical (unpaired) electrons. The van der Waals surface area contributed by atoms with E-state index < -0.39 is 0 Å². The van der Waals surface area contributed by atoms with Gasteiger partial charge in [0, 0.05) is 6.54 Å². The van der Waals surface area contributed by atoms with Crippen LogP contribution in [0, 0.1) is 5.82 Å². The van der Waals surface area contributed by atoms with Crippen LogP contribution in [0.3, 0.4) is 0 Å². The third-order valence-electron chi connectivity index (χ3n) is 3.68. The molecule has 0 aliphatic rings. The van der Waals surface area contributed by atoms with Crippen molar-refractivity contribution in [2.24, 2.45) is 0 Å². The summed E-state index contributed by atoms with van der Waals surface area (Å²) in [5.41, 5.74) is 0.136. The number of rotatable bonds is 7. The Morgan fingerprint density at radius 3 is 2.88 bits per heavy atom. The number of amides is 1. The maximum Gasteiger partial charge on any atom is 0.273 e. The zero-order valence-corrected chi connectivity index (χ0v) is 14.3. The second-order valence-corrected chi connectivity index (χ2v) is 5.54. The summed E-state index contributed by atoms with van der Waals surface area (Å²) in [5.74, 6) is 0.636. The van der Waals surface area contributed by atoms with Crippen LogP contribution in [-0.4, -0.2) is 25.7 Å². The minimum Gasteiger partial charge on any atom is -0.484 e. The van der Waals surface area contributed by atoms with E-state index in [0.29, 0.717) is 18.1 Å². The first-order valence-electron chi connectivity index (χ1n) is 8.08. The van der Waals surface area contributed by atoms with E-state index in [1.165, 1.54) is 30.5 Å². The molecule has 2 heterocycles. The van der Waals surface area contributed by atoms with E-state index in [1.807, 2.05) is 18.4 Å². The zero-order valence-electron chi connectivity index (χ0n) is 14.3. The molecule has 0 unspecified atom stereocenters. The number of carbonyl (C=O) groups is 1. The van der Waals surface area contributed by atoms with Crippen molar-refractivity contribution in [3.63, 3.8) is 0 Å². The first-order valence-corrected chi connectivity index (χ1v) is 8.08. The van der Waals surface area contributed by atoms with Gasteiger partial charge in [-0.15, -0.1) is 10.2 Å². The quantitative estimate of drug-likeness (QED) is 0.696. The molecule has 3 aromatic rings. The van der Waals surface area contributed by atoms with Crippen LogP contribution in [0.2, 0.25) is 0 Å². The zero-order chi connectivity index (χ0) is 18.5. The normalized spacial score (nSPS) is 12.0. The molecular weight excluding hydrogens is 341 g/mol. The minimum absolute atomic E-state index is 0.0264. The van der Waals surface area contributed by atoms with Crippen molar-refractivity contribution in [3.8, 4) is 5.75 Å². The average Bonchev–Trinajstić information content (AvgIpc) is 3.30. The Labute approximate surface area is 149 Å². The van der Waals surface area contributed by atoms with Gasteiger partial charge in [0.25, 0.3) is 5.91 Å². The minimum atomic E-state index is -0.389. The highest BCUT2D eigenvalue weighted by Gasteiger charge is 2.19. The number of benzene rings is 1. The van der Waals surface area contributed by atoms with Gasteiger partial charge >= 0.3 is 0 Å². The number of halogens is 1. The van der Waals surface area contributed by atoms with Crippen molar-refractivity contribution in [2.45, 2.75) is 33.0 Å². The number of aromatic nitrogens is 4. The van der Waals surface area contributed by atoms with Gasteiger partial charge in [0.1, 0.15) is 24.2 Å². The maximum absolute atomic E-state index is 12.9. The van der Waals surface area contributed by atoms with Crippen LogP contribution in [0.4, 0.5) is 4.39 Å². The molecule has 0 bridgehead atoms. The standard InChI is InChI=1S/C17H18FN5O3/c1-3-23-10-19-22-16(23)11(2)20-17(24)14-8-26-15(21-14)9-25-13-6-4-12(18)5-7-13/h4-8,10-11H,3,9H2,1-2H3,(H,20,24)/t11-/m1/s1. The molecule has 1 atom stereocenters. The maximum atomic E-state index is 12.9. The smallest absolute Gasteiger partial charge is 0.273 e. The summed E-state index contributed by atoms with van der Waals surface area (Å²) < 4.78 is 25.4. The Kier molecular flexibility index (Phi) is 5.26. The van der Waals surface area contributed by atoms with Crippen molar-refractivity contribution in [2.75, 3.05) is 0 Å². The summed E-state index contributed by atoms with van der Waals surface area (Å²) in [4.78, 5) is 16.4. The number of carbonyl (C=O) groups excluding carboxylic acids is 1. The molecule has 26 heavy (non-hydrogen) atoms. The molecule has 9 heteroatoms. The predicted molar refractivity (Wildman–Crippen MR) is 88.8 cm³/mol. The number of oxazole rings is 1. The van der Waals surface area contributed by atoms with Gasteiger partial charge in [-0.1, -0.05) is 0 Å². The van der Waals surface area contributed by atoms with Gasteiger partial charge in [-0.05, 0) is 38.1 Å². The Bertz CT molecular complexity index is 875. The van der Waals surface area contributed by atoms with Crippen molar-refractivity contribution < 1.29 is 18.3 Å². The van der Waals surface area contributed by atoms with Gasteiger partial charge in [-0.3, -0.25) is 4.79 Å². The van der Waals surface area contributed by atoms with Crippen molar-refractivity contribution >= 4 is 5.91 Å². The van der Waals surface area contributed by atoms with Gasteiger partial charge in [-0.2, -0.15) is 0 Å². The van der Waals surface area contributed by atoms with Gasteiger partial charge in [0.05, 0.1) is 6.04 Å². The van der Waals surface area contributed by atoms with Gasteiger partial charge in [0.15, 0.2) is 18.1 Å². The first kappa shape index (κ1) is 17.6. The molecule has 0 saturated carbocycles. The molecule has 3 rings (SSSR count). The third-order valence-corrected chi connectivity index (χ3v) is 3.68. The van der Waals surface area contributed by atoms with Gasteiger partial charge in [0.2, 0.25) is 5.89 Å². The molecule has 1 N–H and O–H groups in total. The molecule has 1 amide bonds. The molecule has 136 valence electrons. The van der Waals surface area contributed by atoms with Gasteiger partial charge < -0.3 is 19.0 Å². The highest BCUT2D eigenvalue weighted by Crippen LogP contribution is 2.14. The van der Waals surface area contributed by atoms with Crippen LogP contribution in [0.15, 0.2) is 41.3 Å². The first-order chi connectivity index (χ1) is 12.6. The molecule has 1 aromatic carbocycles. The lowest BCUT2D eigenvalue weighted by atomic mass is 10.3. The van der Waals surface area contributed by atoms with Crippen LogP contribution >= 0.6 is 0 Å². The molecule has 0 aliphatic carbocycles. The van der Waals surface area contributed by atoms with Crippen LogP contribution in [0.1, 0.15) is 42.1 Å². The van der Waals surface area contributed by atoms with Crippen molar-refractivity contribution in [1.29, 1.82) is 0 Å². The lowest BCUT2D eigenvalue weighted by Gasteiger charge is -2.12. The van der Waals surface area contributed by atoms with Gasteiger partial charge in [-0.25, -0.2) is 9.37 Å². The third kappa shape index (κ3) is 4.05. The second-order valence-electron chi connectivity index (χ2n) is 5.54.